The number of carbonyl (C=O) groups excluding carboxylic acids is 2. The number of para-hydroxylation sites is 1. The van der Waals surface area contributed by atoms with E-state index in [1.165, 1.54) is 18.1 Å². The Balaban J connectivity index is 2.36. The van der Waals surface area contributed by atoms with Crippen LogP contribution in [0.1, 0.15) is 17.4 Å². The molecular formula is C15H15ClN2O3. The Bertz CT molecular complexity index is 688. The lowest BCUT2D eigenvalue weighted by Gasteiger charge is -2.19. The highest BCUT2D eigenvalue weighted by Crippen LogP contribution is 2.23. The minimum atomic E-state index is -0.475. The third-order valence-corrected chi connectivity index (χ3v) is 3.41. The standard InChI is InChI=1S/C15H15ClN2O3/c1-3-18(9-14(19)21-2)15(20)13-8-11(16)10-6-4-5-7-12(10)17-13/h4-8H,3,9H2,1-2H3. The first-order valence-corrected chi connectivity index (χ1v) is 6.86. The van der Waals surface area contributed by atoms with Crippen LogP contribution in [0.5, 0.6) is 0 Å². The molecule has 2 rings (SSSR count). The number of rotatable bonds is 4. The Morgan fingerprint density at radius 2 is 2.05 bits per heavy atom. The summed E-state index contributed by atoms with van der Waals surface area (Å²) in [5.41, 5.74) is 0.854. The van der Waals surface area contributed by atoms with Crippen LogP contribution < -0.4 is 0 Å². The second kappa shape index (κ2) is 6.54. The number of halogens is 1. The monoisotopic (exact) mass is 306 g/mol. The predicted molar refractivity (Wildman–Crippen MR) is 80.3 cm³/mol. The Kier molecular flexibility index (Phi) is 4.75. The predicted octanol–water partition coefficient (Wildman–Crippen LogP) is 2.52. The maximum atomic E-state index is 12.4. The zero-order valence-corrected chi connectivity index (χ0v) is 12.6. The van der Waals surface area contributed by atoms with E-state index in [1.807, 2.05) is 18.2 Å². The maximum Gasteiger partial charge on any atom is 0.325 e. The molecule has 5 nitrogen and oxygen atoms in total. The number of hydrogen-bond acceptors (Lipinski definition) is 4. The summed E-state index contributed by atoms with van der Waals surface area (Å²) in [6.45, 7) is 2.04. The SMILES string of the molecule is CCN(CC(=O)OC)C(=O)c1cc(Cl)c2ccccc2n1. The second-order valence-electron chi connectivity index (χ2n) is 4.40. The number of ether oxygens (including phenoxy) is 1. The summed E-state index contributed by atoms with van der Waals surface area (Å²) in [6, 6.07) is 8.82. The first kappa shape index (κ1) is 15.3. The molecule has 0 spiro atoms. The molecule has 1 amide bonds. The van der Waals surface area contributed by atoms with Gasteiger partial charge in [0.05, 0.1) is 17.6 Å². The number of carbonyl (C=O) groups is 2. The van der Waals surface area contributed by atoms with E-state index in [0.29, 0.717) is 17.1 Å². The van der Waals surface area contributed by atoms with E-state index in [0.717, 1.165) is 5.39 Å². The molecule has 0 saturated heterocycles. The number of fused-ring (bicyclic) bond motifs is 1. The molecule has 0 aliphatic rings. The van der Waals surface area contributed by atoms with Crippen LogP contribution in [0, 0.1) is 0 Å². The van der Waals surface area contributed by atoms with Crippen LogP contribution in [-0.4, -0.2) is 42.0 Å². The Hall–Kier alpha value is -2.14. The van der Waals surface area contributed by atoms with Gasteiger partial charge >= 0.3 is 5.97 Å². The highest BCUT2D eigenvalue weighted by Gasteiger charge is 2.20. The molecule has 1 heterocycles. The van der Waals surface area contributed by atoms with E-state index >= 15 is 0 Å². The fourth-order valence-electron chi connectivity index (χ4n) is 1.95. The number of methoxy groups -OCH3 is 1. The Morgan fingerprint density at radius 3 is 2.71 bits per heavy atom. The van der Waals surface area contributed by atoms with Crippen molar-refractivity contribution >= 4 is 34.4 Å². The molecule has 0 saturated carbocycles. The number of nitrogens with zero attached hydrogens (tertiary/aromatic N) is 2. The number of benzene rings is 1. The number of likely N-dealkylation sites (N-methyl/N-ethyl adjacent to an activating group) is 1. The van der Waals surface area contributed by atoms with Gasteiger partial charge in [0.25, 0.3) is 5.91 Å². The third-order valence-electron chi connectivity index (χ3n) is 3.10. The number of aromatic nitrogens is 1. The van der Waals surface area contributed by atoms with Crippen molar-refractivity contribution < 1.29 is 14.3 Å². The van der Waals surface area contributed by atoms with Crippen molar-refractivity contribution in [1.82, 2.24) is 9.88 Å². The van der Waals surface area contributed by atoms with Crippen LogP contribution in [-0.2, 0) is 9.53 Å². The van der Waals surface area contributed by atoms with E-state index in [-0.39, 0.29) is 18.1 Å². The van der Waals surface area contributed by atoms with Gasteiger partial charge in [-0.15, -0.1) is 0 Å². The van der Waals surface area contributed by atoms with Gasteiger partial charge in [-0.1, -0.05) is 29.8 Å². The molecule has 2 aromatic rings. The molecule has 1 aromatic heterocycles. The van der Waals surface area contributed by atoms with E-state index in [4.69, 9.17) is 11.6 Å². The van der Waals surface area contributed by atoms with Gasteiger partial charge in [-0.2, -0.15) is 0 Å². The van der Waals surface area contributed by atoms with E-state index in [9.17, 15) is 9.59 Å². The molecular weight excluding hydrogens is 292 g/mol. The van der Waals surface area contributed by atoms with Crippen molar-refractivity contribution in [3.05, 3.63) is 41.0 Å². The van der Waals surface area contributed by atoms with Crippen LogP contribution in [0.2, 0.25) is 5.02 Å². The lowest BCUT2D eigenvalue weighted by molar-refractivity contribution is -0.141. The maximum absolute atomic E-state index is 12.4. The first-order valence-electron chi connectivity index (χ1n) is 6.48. The fourth-order valence-corrected chi connectivity index (χ4v) is 2.22. The van der Waals surface area contributed by atoms with Gasteiger partial charge in [0.2, 0.25) is 0 Å². The van der Waals surface area contributed by atoms with Gasteiger partial charge in [0.15, 0.2) is 0 Å². The first-order chi connectivity index (χ1) is 10.1. The number of hydrogen-bond donors (Lipinski definition) is 0. The van der Waals surface area contributed by atoms with Gasteiger partial charge in [0.1, 0.15) is 12.2 Å². The largest absolute Gasteiger partial charge is 0.468 e. The van der Waals surface area contributed by atoms with Crippen molar-refractivity contribution in [2.24, 2.45) is 0 Å². The highest BCUT2D eigenvalue weighted by atomic mass is 35.5. The van der Waals surface area contributed by atoms with Crippen LogP contribution in [0.25, 0.3) is 10.9 Å². The molecule has 0 unspecified atom stereocenters. The molecule has 0 bridgehead atoms. The van der Waals surface area contributed by atoms with Crippen molar-refractivity contribution in [3.8, 4) is 0 Å². The summed E-state index contributed by atoms with van der Waals surface area (Å²) < 4.78 is 4.58. The smallest absolute Gasteiger partial charge is 0.325 e. The summed E-state index contributed by atoms with van der Waals surface area (Å²) in [6.07, 6.45) is 0. The Morgan fingerprint density at radius 1 is 1.33 bits per heavy atom. The van der Waals surface area contributed by atoms with Crippen molar-refractivity contribution in [2.75, 3.05) is 20.2 Å². The molecule has 0 fully saturated rings. The number of esters is 1. The molecule has 0 N–H and O–H groups in total. The lowest BCUT2D eigenvalue weighted by atomic mass is 10.2. The van der Waals surface area contributed by atoms with Crippen LogP contribution in [0.4, 0.5) is 0 Å². The van der Waals surface area contributed by atoms with E-state index in [1.54, 1.807) is 13.0 Å². The fraction of sp³-hybridized carbons (Fsp3) is 0.267. The molecule has 0 aliphatic carbocycles. The van der Waals surface area contributed by atoms with Crippen LogP contribution in [0.15, 0.2) is 30.3 Å². The highest BCUT2D eigenvalue weighted by molar-refractivity contribution is 6.35. The van der Waals surface area contributed by atoms with Crippen LogP contribution in [0.3, 0.4) is 0 Å². The average molecular weight is 307 g/mol. The van der Waals surface area contributed by atoms with Gasteiger partial charge in [-0.05, 0) is 19.1 Å². The van der Waals surface area contributed by atoms with Crippen molar-refractivity contribution in [3.63, 3.8) is 0 Å². The third kappa shape index (κ3) is 3.31. The number of amides is 1. The van der Waals surface area contributed by atoms with E-state index < -0.39 is 5.97 Å². The molecule has 21 heavy (non-hydrogen) atoms. The van der Waals surface area contributed by atoms with E-state index in [2.05, 4.69) is 9.72 Å². The molecule has 0 atom stereocenters. The van der Waals surface area contributed by atoms with Gasteiger partial charge < -0.3 is 9.64 Å². The Labute approximate surface area is 127 Å². The molecule has 6 heteroatoms. The summed E-state index contributed by atoms with van der Waals surface area (Å²) in [5.74, 6) is -0.826. The molecule has 1 aromatic carbocycles. The zero-order valence-electron chi connectivity index (χ0n) is 11.8. The summed E-state index contributed by atoms with van der Waals surface area (Å²) in [4.78, 5) is 29.4. The lowest BCUT2D eigenvalue weighted by Crippen LogP contribution is -2.36. The van der Waals surface area contributed by atoms with Crippen molar-refractivity contribution in [2.45, 2.75) is 6.92 Å². The summed E-state index contributed by atoms with van der Waals surface area (Å²) in [7, 11) is 1.28. The van der Waals surface area contributed by atoms with Gasteiger partial charge in [-0.3, -0.25) is 9.59 Å². The minimum absolute atomic E-state index is 0.113. The number of pyridine rings is 1. The molecule has 0 radical (unpaired) electrons. The minimum Gasteiger partial charge on any atom is -0.468 e. The normalized spacial score (nSPS) is 10.4. The quantitative estimate of drug-likeness (QED) is 0.814. The summed E-state index contributed by atoms with van der Waals surface area (Å²) >= 11 is 6.18. The van der Waals surface area contributed by atoms with Crippen LogP contribution >= 0.6 is 11.6 Å². The molecule has 0 aliphatic heterocycles. The van der Waals surface area contributed by atoms with Gasteiger partial charge in [0, 0.05) is 11.9 Å². The molecule has 110 valence electrons. The van der Waals surface area contributed by atoms with Gasteiger partial charge in [-0.25, -0.2) is 4.98 Å². The second-order valence-corrected chi connectivity index (χ2v) is 4.81. The topological polar surface area (TPSA) is 59.5 Å². The van der Waals surface area contributed by atoms with Crippen molar-refractivity contribution in [1.29, 1.82) is 0 Å². The zero-order chi connectivity index (χ0) is 15.4. The summed E-state index contributed by atoms with van der Waals surface area (Å²) in [5, 5.41) is 1.24. The average Bonchev–Trinajstić information content (AvgIpc) is 2.51.